The Morgan fingerprint density at radius 2 is 1.62 bits per heavy atom. The van der Waals surface area contributed by atoms with Gasteiger partial charge in [0.05, 0.1) is 0 Å². The maximum Gasteiger partial charge on any atom is -0.0219 e. The molecule has 0 bridgehead atoms. The lowest BCUT2D eigenvalue weighted by atomic mass is 10.1. The molecule has 0 saturated carbocycles. The van der Waals surface area contributed by atoms with E-state index in [2.05, 4.69) is 39.8 Å². The number of hydrogen-bond donors (Lipinski definition) is 0. The van der Waals surface area contributed by atoms with Gasteiger partial charge in [0.2, 0.25) is 0 Å². The van der Waals surface area contributed by atoms with Crippen LogP contribution in [-0.4, -0.2) is 0 Å². The molecule has 0 amide bonds. The van der Waals surface area contributed by atoms with Crippen molar-refractivity contribution in [3.8, 4) is 0 Å². The van der Waals surface area contributed by atoms with Crippen LogP contribution in [0.3, 0.4) is 0 Å². The third kappa shape index (κ3) is 5.74. The highest BCUT2D eigenvalue weighted by Crippen LogP contribution is 1.97. The Morgan fingerprint density at radius 3 is 1.75 bits per heavy atom. The third-order valence-corrected chi connectivity index (χ3v) is 0.763. The van der Waals surface area contributed by atoms with Gasteiger partial charge in [0, 0.05) is 0 Å². The second-order valence-corrected chi connectivity index (χ2v) is 2.73. The van der Waals surface area contributed by atoms with E-state index in [0.29, 0.717) is 11.8 Å². The Kier molecular flexibility index (Phi) is 3.59. The Hall–Kier alpha value is -0.260. The van der Waals surface area contributed by atoms with Gasteiger partial charge in [0.15, 0.2) is 0 Å². The minimum Gasteiger partial charge on any atom is -0.0782 e. The monoisotopic (exact) mass is 111 g/mol. The summed E-state index contributed by atoms with van der Waals surface area (Å²) in [6, 6.07) is 0. The molecule has 0 aliphatic rings. The molecule has 0 N–H and O–H groups in total. The summed E-state index contributed by atoms with van der Waals surface area (Å²) < 4.78 is 0. The molecule has 1 radical (unpaired) electrons. The summed E-state index contributed by atoms with van der Waals surface area (Å²) in [6.07, 6.45) is 5.34. The first kappa shape index (κ1) is 7.74. The van der Waals surface area contributed by atoms with Crippen LogP contribution in [0.1, 0.15) is 27.7 Å². The van der Waals surface area contributed by atoms with E-state index in [9.17, 15) is 0 Å². The first-order valence-electron chi connectivity index (χ1n) is 3.22. The van der Waals surface area contributed by atoms with E-state index >= 15 is 0 Å². The molecule has 0 rings (SSSR count). The summed E-state index contributed by atoms with van der Waals surface area (Å²) >= 11 is 0. The SMILES string of the molecule is CC(C)/[C]=C/C(C)C. The van der Waals surface area contributed by atoms with E-state index < -0.39 is 0 Å². The predicted molar refractivity (Wildman–Crippen MR) is 37.5 cm³/mol. The molecule has 0 saturated heterocycles. The summed E-state index contributed by atoms with van der Waals surface area (Å²) in [5.74, 6) is 1.23. The molecule has 0 aliphatic carbocycles. The van der Waals surface area contributed by atoms with Crippen LogP contribution in [0, 0.1) is 17.9 Å². The number of allylic oxidation sites excluding steroid dienone is 2. The lowest BCUT2D eigenvalue weighted by Gasteiger charge is -1.94. The van der Waals surface area contributed by atoms with E-state index in [1.807, 2.05) is 0 Å². The van der Waals surface area contributed by atoms with Gasteiger partial charge in [-0.25, -0.2) is 0 Å². The molecule has 0 fully saturated rings. The lowest BCUT2D eigenvalue weighted by Crippen LogP contribution is -1.82. The molecule has 0 aromatic rings. The van der Waals surface area contributed by atoms with Crippen molar-refractivity contribution in [2.75, 3.05) is 0 Å². The number of rotatable bonds is 2. The smallest absolute Gasteiger partial charge is 0.0219 e. The highest BCUT2D eigenvalue weighted by atomic mass is 13.9. The average molecular weight is 111 g/mol. The van der Waals surface area contributed by atoms with Crippen molar-refractivity contribution in [2.24, 2.45) is 11.8 Å². The highest BCUT2D eigenvalue weighted by molar-refractivity contribution is 4.78. The second-order valence-electron chi connectivity index (χ2n) is 2.73. The Labute approximate surface area is 52.6 Å². The fraction of sp³-hybridized carbons (Fsp3) is 0.750. The molecule has 0 aromatic heterocycles. The first-order valence-corrected chi connectivity index (χ1v) is 3.22. The quantitative estimate of drug-likeness (QED) is 0.514. The molecule has 0 spiro atoms. The van der Waals surface area contributed by atoms with Gasteiger partial charge in [0.25, 0.3) is 0 Å². The van der Waals surface area contributed by atoms with Gasteiger partial charge in [0.1, 0.15) is 0 Å². The van der Waals surface area contributed by atoms with Crippen molar-refractivity contribution in [2.45, 2.75) is 27.7 Å². The van der Waals surface area contributed by atoms with E-state index in [-0.39, 0.29) is 0 Å². The second kappa shape index (κ2) is 3.71. The van der Waals surface area contributed by atoms with Crippen LogP contribution < -0.4 is 0 Å². The fourth-order valence-corrected chi connectivity index (χ4v) is 0.385. The number of hydrogen-bond acceptors (Lipinski definition) is 0. The summed E-state index contributed by atoms with van der Waals surface area (Å²) in [4.78, 5) is 0. The van der Waals surface area contributed by atoms with Gasteiger partial charge in [-0.2, -0.15) is 0 Å². The first-order chi connectivity index (χ1) is 3.63. The summed E-state index contributed by atoms with van der Waals surface area (Å²) in [5.41, 5.74) is 0. The van der Waals surface area contributed by atoms with Crippen LogP contribution in [0.5, 0.6) is 0 Å². The minimum absolute atomic E-state index is 0.581. The Balaban J connectivity index is 3.34. The van der Waals surface area contributed by atoms with Gasteiger partial charge in [-0.05, 0) is 17.9 Å². The molecular weight excluding hydrogens is 96.1 g/mol. The normalized spacial score (nSPS) is 12.2. The van der Waals surface area contributed by atoms with Crippen LogP contribution in [0.2, 0.25) is 0 Å². The van der Waals surface area contributed by atoms with Gasteiger partial charge < -0.3 is 0 Å². The van der Waals surface area contributed by atoms with E-state index in [4.69, 9.17) is 0 Å². The largest absolute Gasteiger partial charge is 0.0782 e. The molecule has 0 nitrogen and oxygen atoms in total. The topological polar surface area (TPSA) is 0 Å². The van der Waals surface area contributed by atoms with E-state index in [1.165, 1.54) is 0 Å². The standard InChI is InChI=1S/C8H15/c1-7(2)5-6-8(3)4/h5,7-8H,1-4H3. The van der Waals surface area contributed by atoms with Crippen molar-refractivity contribution in [1.29, 1.82) is 0 Å². The summed E-state index contributed by atoms with van der Waals surface area (Å²) in [5, 5.41) is 0. The fourth-order valence-electron chi connectivity index (χ4n) is 0.385. The highest BCUT2D eigenvalue weighted by Gasteiger charge is 1.86. The average Bonchev–Trinajstić information content (AvgIpc) is 1.61. The van der Waals surface area contributed by atoms with E-state index in [0.717, 1.165) is 0 Å². The zero-order chi connectivity index (χ0) is 6.57. The van der Waals surface area contributed by atoms with Crippen molar-refractivity contribution in [3.63, 3.8) is 0 Å². The van der Waals surface area contributed by atoms with Gasteiger partial charge in [-0.1, -0.05) is 33.8 Å². The Morgan fingerprint density at radius 1 is 1.12 bits per heavy atom. The minimum atomic E-state index is 0.581. The molecule has 8 heavy (non-hydrogen) atoms. The molecule has 0 heteroatoms. The van der Waals surface area contributed by atoms with E-state index in [1.54, 1.807) is 0 Å². The lowest BCUT2D eigenvalue weighted by molar-refractivity contribution is 0.760. The maximum absolute atomic E-state index is 3.22. The van der Waals surface area contributed by atoms with Crippen LogP contribution in [0.15, 0.2) is 6.08 Å². The maximum atomic E-state index is 3.22. The third-order valence-electron chi connectivity index (χ3n) is 0.763. The van der Waals surface area contributed by atoms with Crippen LogP contribution in [0.25, 0.3) is 0 Å². The molecule has 0 atom stereocenters. The van der Waals surface area contributed by atoms with Gasteiger partial charge in [-0.3, -0.25) is 0 Å². The van der Waals surface area contributed by atoms with Gasteiger partial charge >= 0.3 is 0 Å². The zero-order valence-corrected chi connectivity index (χ0v) is 6.23. The van der Waals surface area contributed by atoms with Crippen molar-refractivity contribution < 1.29 is 0 Å². The van der Waals surface area contributed by atoms with Crippen molar-refractivity contribution >= 4 is 0 Å². The van der Waals surface area contributed by atoms with Crippen molar-refractivity contribution in [3.05, 3.63) is 12.2 Å². The zero-order valence-electron chi connectivity index (χ0n) is 6.23. The molecule has 47 valence electrons. The molecule has 0 aliphatic heterocycles. The van der Waals surface area contributed by atoms with Crippen molar-refractivity contribution in [1.82, 2.24) is 0 Å². The molecule has 0 aromatic carbocycles. The summed E-state index contributed by atoms with van der Waals surface area (Å²) in [7, 11) is 0. The van der Waals surface area contributed by atoms with Crippen LogP contribution >= 0.6 is 0 Å². The summed E-state index contributed by atoms with van der Waals surface area (Å²) in [6.45, 7) is 8.60. The van der Waals surface area contributed by atoms with Crippen LogP contribution in [-0.2, 0) is 0 Å². The Bertz CT molecular complexity index is 58.1. The molecule has 0 heterocycles. The predicted octanol–water partition coefficient (Wildman–Crippen LogP) is 2.66. The van der Waals surface area contributed by atoms with Crippen LogP contribution in [0.4, 0.5) is 0 Å². The molecular formula is C8H15. The van der Waals surface area contributed by atoms with Gasteiger partial charge in [-0.15, -0.1) is 0 Å². The molecule has 0 unspecified atom stereocenters.